The Labute approximate surface area is 106 Å². The number of nitrogens with one attached hydrogen (secondary N) is 1. The molecule has 3 N–H and O–H groups in total. The van der Waals surface area contributed by atoms with E-state index in [1.807, 2.05) is 0 Å². The SMILES string of the molecule is CC(C1CC1)N(C)CCCCC(C)(C)C(=N)N. The van der Waals surface area contributed by atoms with E-state index in [-0.39, 0.29) is 5.41 Å². The molecule has 3 heteroatoms. The van der Waals surface area contributed by atoms with E-state index in [1.165, 1.54) is 25.8 Å². The minimum Gasteiger partial charge on any atom is -0.387 e. The molecule has 1 unspecified atom stereocenters. The molecule has 1 aliphatic rings. The van der Waals surface area contributed by atoms with Gasteiger partial charge in [-0.1, -0.05) is 20.3 Å². The van der Waals surface area contributed by atoms with E-state index < -0.39 is 0 Å². The lowest BCUT2D eigenvalue weighted by Crippen LogP contribution is -2.33. The van der Waals surface area contributed by atoms with Crippen LogP contribution in [0.2, 0.25) is 0 Å². The lowest BCUT2D eigenvalue weighted by Gasteiger charge is -2.26. The van der Waals surface area contributed by atoms with Crippen LogP contribution in [0.25, 0.3) is 0 Å². The standard InChI is InChI=1S/C14H29N3/c1-11(12-7-8-12)17(4)10-6-5-9-14(2,3)13(15)16/h11-12H,5-10H2,1-4H3,(H3,15,16). The van der Waals surface area contributed by atoms with Crippen molar-refractivity contribution >= 4 is 5.84 Å². The average Bonchev–Trinajstić information content (AvgIpc) is 3.06. The largest absolute Gasteiger partial charge is 0.387 e. The van der Waals surface area contributed by atoms with Gasteiger partial charge in [0.15, 0.2) is 0 Å². The minimum absolute atomic E-state index is 0.124. The number of hydrogen-bond donors (Lipinski definition) is 2. The molecular formula is C14H29N3. The Morgan fingerprint density at radius 3 is 2.47 bits per heavy atom. The summed E-state index contributed by atoms with van der Waals surface area (Å²) in [5.74, 6) is 1.27. The fourth-order valence-corrected chi connectivity index (χ4v) is 2.20. The molecule has 0 spiro atoms. The van der Waals surface area contributed by atoms with Crippen molar-refractivity contribution in [3.8, 4) is 0 Å². The number of nitrogens with two attached hydrogens (primary N) is 1. The third kappa shape index (κ3) is 4.66. The second kappa shape index (κ2) is 5.85. The highest BCUT2D eigenvalue weighted by Crippen LogP contribution is 2.34. The summed E-state index contributed by atoms with van der Waals surface area (Å²) in [6.07, 6.45) is 6.23. The van der Waals surface area contributed by atoms with Gasteiger partial charge in [-0.2, -0.15) is 0 Å². The summed E-state index contributed by atoms with van der Waals surface area (Å²) in [5.41, 5.74) is 5.46. The molecule has 0 aromatic carbocycles. The second-order valence-corrected chi connectivity index (χ2v) is 6.31. The van der Waals surface area contributed by atoms with Gasteiger partial charge in [-0.05, 0) is 52.1 Å². The summed E-state index contributed by atoms with van der Waals surface area (Å²) in [6.45, 7) is 7.64. The smallest absolute Gasteiger partial charge is 0.0963 e. The lowest BCUT2D eigenvalue weighted by atomic mass is 9.86. The van der Waals surface area contributed by atoms with Crippen LogP contribution in [0.4, 0.5) is 0 Å². The van der Waals surface area contributed by atoms with Crippen LogP contribution in [-0.2, 0) is 0 Å². The molecule has 0 saturated heterocycles. The maximum absolute atomic E-state index is 7.52. The van der Waals surface area contributed by atoms with Crippen LogP contribution < -0.4 is 5.73 Å². The summed E-state index contributed by atoms with van der Waals surface area (Å²) in [5, 5.41) is 7.52. The minimum atomic E-state index is -0.124. The Morgan fingerprint density at radius 1 is 1.41 bits per heavy atom. The molecule has 1 aliphatic carbocycles. The Bertz CT molecular complexity index is 256. The van der Waals surface area contributed by atoms with Crippen LogP contribution >= 0.6 is 0 Å². The highest BCUT2D eigenvalue weighted by Gasteiger charge is 2.30. The molecule has 0 aromatic heterocycles. The molecule has 0 aromatic rings. The van der Waals surface area contributed by atoms with Crippen molar-refractivity contribution in [3.63, 3.8) is 0 Å². The van der Waals surface area contributed by atoms with Crippen LogP contribution in [0.3, 0.4) is 0 Å². The molecule has 17 heavy (non-hydrogen) atoms. The third-order valence-corrected chi connectivity index (χ3v) is 4.29. The monoisotopic (exact) mass is 239 g/mol. The lowest BCUT2D eigenvalue weighted by molar-refractivity contribution is 0.227. The fraction of sp³-hybridized carbons (Fsp3) is 0.929. The van der Waals surface area contributed by atoms with E-state index in [0.717, 1.165) is 24.8 Å². The summed E-state index contributed by atoms with van der Waals surface area (Å²) in [4.78, 5) is 2.48. The molecule has 0 radical (unpaired) electrons. The molecule has 0 heterocycles. The maximum Gasteiger partial charge on any atom is 0.0963 e. The number of rotatable bonds is 8. The van der Waals surface area contributed by atoms with E-state index >= 15 is 0 Å². The van der Waals surface area contributed by atoms with Gasteiger partial charge in [0.05, 0.1) is 5.84 Å². The summed E-state index contributed by atoms with van der Waals surface area (Å²) in [7, 11) is 2.24. The highest BCUT2D eigenvalue weighted by molar-refractivity contribution is 5.82. The Kier molecular flexibility index (Phi) is 4.99. The first kappa shape index (κ1) is 14.5. The van der Waals surface area contributed by atoms with Crippen LogP contribution in [-0.4, -0.2) is 30.4 Å². The van der Waals surface area contributed by atoms with Gasteiger partial charge in [-0.25, -0.2) is 0 Å². The van der Waals surface area contributed by atoms with Crippen molar-refractivity contribution in [3.05, 3.63) is 0 Å². The van der Waals surface area contributed by atoms with Gasteiger partial charge in [0.1, 0.15) is 0 Å². The molecule has 1 rings (SSSR count). The Hall–Kier alpha value is -0.570. The normalized spacial score (nSPS) is 18.4. The Morgan fingerprint density at radius 2 is 2.00 bits per heavy atom. The van der Waals surface area contributed by atoms with Gasteiger partial charge >= 0.3 is 0 Å². The topological polar surface area (TPSA) is 53.1 Å². The average molecular weight is 239 g/mol. The van der Waals surface area contributed by atoms with Gasteiger partial charge in [0, 0.05) is 11.5 Å². The van der Waals surface area contributed by atoms with Crippen LogP contribution in [0.5, 0.6) is 0 Å². The molecular weight excluding hydrogens is 210 g/mol. The molecule has 1 atom stereocenters. The van der Waals surface area contributed by atoms with Gasteiger partial charge in [0.25, 0.3) is 0 Å². The Balaban J connectivity index is 2.13. The van der Waals surface area contributed by atoms with E-state index in [9.17, 15) is 0 Å². The van der Waals surface area contributed by atoms with Crippen molar-refractivity contribution in [2.45, 2.75) is 58.9 Å². The second-order valence-electron chi connectivity index (χ2n) is 6.31. The zero-order valence-corrected chi connectivity index (χ0v) is 11.9. The first-order valence-electron chi connectivity index (χ1n) is 6.89. The zero-order chi connectivity index (χ0) is 13.1. The van der Waals surface area contributed by atoms with E-state index in [0.29, 0.717) is 5.84 Å². The first-order valence-corrected chi connectivity index (χ1v) is 6.89. The van der Waals surface area contributed by atoms with Gasteiger partial charge in [-0.15, -0.1) is 0 Å². The molecule has 100 valence electrons. The van der Waals surface area contributed by atoms with Crippen molar-refractivity contribution in [2.75, 3.05) is 13.6 Å². The summed E-state index contributed by atoms with van der Waals surface area (Å²) in [6, 6.07) is 0.746. The molecule has 1 fully saturated rings. The van der Waals surface area contributed by atoms with Crippen molar-refractivity contribution in [1.29, 1.82) is 5.41 Å². The van der Waals surface area contributed by atoms with Crippen LogP contribution in [0, 0.1) is 16.7 Å². The summed E-state index contributed by atoms with van der Waals surface area (Å²) >= 11 is 0. The summed E-state index contributed by atoms with van der Waals surface area (Å²) < 4.78 is 0. The molecule has 3 nitrogen and oxygen atoms in total. The van der Waals surface area contributed by atoms with Gasteiger partial charge < -0.3 is 10.6 Å². The van der Waals surface area contributed by atoms with E-state index in [4.69, 9.17) is 11.1 Å². The third-order valence-electron chi connectivity index (χ3n) is 4.29. The van der Waals surface area contributed by atoms with Crippen LogP contribution in [0.1, 0.15) is 52.9 Å². The molecule has 1 saturated carbocycles. The molecule has 0 amide bonds. The van der Waals surface area contributed by atoms with Crippen LogP contribution in [0.15, 0.2) is 0 Å². The van der Waals surface area contributed by atoms with E-state index in [2.05, 4.69) is 32.7 Å². The van der Waals surface area contributed by atoms with Gasteiger partial charge in [0.2, 0.25) is 0 Å². The van der Waals surface area contributed by atoms with Crippen molar-refractivity contribution < 1.29 is 0 Å². The number of unbranched alkanes of at least 4 members (excludes halogenated alkanes) is 1. The fourth-order valence-electron chi connectivity index (χ4n) is 2.20. The molecule has 0 bridgehead atoms. The zero-order valence-electron chi connectivity index (χ0n) is 11.9. The van der Waals surface area contributed by atoms with E-state index in [1.54, 1.807) is 0 Å². The number of nitrogens with zero attached hydrogens (tertiary/aromatic N) is 1. The maximum atomic E-state index is 7.52. The van der Waals surface area contributed by atoms with Gasteiger partial charge in [-0.3, -0.25) is 5.41 Å². The molecule has 0 aliphatic heterocycles. The number of amidine groups is 1. The van der Waals surface area contributed by atoms with Crippen molar-refractivity contribution in [1.82, 2.24) is 4.90 Å². The highest BCUT2D eigenvalue weighted by atomic mass is 15.1. The predicted octanol–water partition coefficient (Wildman–Crippen LogP) is 2.85. The predicted molar refractivity (Wildman–Crippen MR) is 74.4 cm³/mol. The van der Waals surface area contributed by atoms with Crippen molar-refractivity contribution in [2.24, 2.45) is 17.1 Å². The first-order chi connectivity index (χ1) is 7.84. The quantitative estimate of drug-likeness (QED) is 0.389. The number of hydrogen-bond acceptors (Lipinski definition) is 2.